The van der Waals surface area contributed by atoms with E-state index in [0.717, 1.165) is 5.57 Å². The summed E-state index contributed by atoms with van der Waals surface area (Å²) < 4.78 is 11.9. The van der Waals surface area contributed by atoms with Crippen molar-refractivity contribution in [3.8, 4) is 0 Å². The van der Waals surface area contributed by atoms with E-state index in [1.54, 1.807) is 34.6 Å². The Balaban J connectivity index is 1.84. The van der Waals surface area contributed by atoms with Crippen molar-refractivity contribution in [2.24, 2.45) is 40.4 Å². The van der Waals surface area contributed by atoms with Gasteiger partial charge in [-0.05, 0) is 44.8 Å². The number of carbonyl (C=O) groups is 3. The molecule has 180 valence electrons. The number of ketones is 2. The zero-order valence-corrected chi connectivity index (χ0v) is 19.6. The summed E-state index contributed by atoms with van der Waals surface area (Å²) in [7, 11) is 0. The summed E-state index contributed by atoms with van der Waals surface area (Å²) in [5.41, 5.74) is -0.990. The van der Waals surface area contributed by atoms with Crippen molar-refractivity contribution in [2.45, 2.75) is 65.1 Å². The first-order chi connectivity index (χ1) is 15.3. The Morgan fingerprint density at radius 3 is 2.55 bits per heavy atom. The van der Waals surface area contributed by atoms with Gasteiger partial charge in [0, 0.05) is 29.1 Å². The standard InChI is InChI=1S/C25H32O8/c1-10(2)6-14(26)17-18-11(3)7-15(27)20(30)23(18,5)22-24-9-32-25(22,31)19(29)12(4)13(24)8-16(28)33-21(17)24/h6-7,12-13,17-22,29-31H,8-9H2,1-5H3/t12-,13+,17-,18-,19-,20-,21-,22-,23-,24-,25+/m1/s1. The number of esters is 1. The fraction of sp³-hybridized carbons (Fsp3) is 0.720. The molecule has 8 nitrogen and oxygen atoms in total. The van der Waals surface area contributed by atoms with Gasteiger partial charge in [0.05, 0.1) is 12.5 Å². The maximum Gasteiger partial charge on any atom is 0.306 e. The number of hydrogen-bond donors (Lipinski definition) is 3. The molecule has 2 saturated carbocycles. The lowest BCUT2D eigenvalue weighted by Crippen LogP contribution is -2.78. The Hall–Kier alpha value is -1.87. The van der Waals surface area contributed by atoms with Crippen molar-refractivity contribution < 1.29 is 39.2 Å². The minimum absolute atomic E-state index is 0.00777. The van der Waals surface area contributed by atoms with Gasteiger partial charge in [0.2, 0.25) is 0 Å². The third-order valence-corrected chi connectivity index (χ3v) is 9.38. The number of fused-ring (bicyclic) bond motifs is 1. The highest BCUT2D eigenvalue weighted by Crippen LogP contribution is 2.74. The number of aliphatic hydroxyl groups excluding tert-OH is 2. The van der Waals surface area contributed by atoms with E-state index < -0.39 is 76.3 Å². The van der Waals surface area contributed by atoms with Crippen molar-refractivity contribution in [3.05, 3.63) is 23.3 Å². The third-order valence-electron chi connectivity index (χ3n) is 9.38. The van der Waals surface area contributed by atoms with Crippen LogP contribution >= 0.6 is 0 Å². The van der Waals surface area contributed by atoms with Crippen LogP contribution in [0.4, 0.5) is 0 Å². The van der Waals surface area contributed by atoms with Gasteiger partial charge in [0.25, 0.3) is 0 Å². The van der Waals surface area contributed by atoms with Crippen LogP contribution in [0.2, 0.25) is 0 Å². The molecule has 0 unspecified atom stereocenters. The topological polar surface area (TPSA) is 130 Å². The maximum absolute atomic E-state index is 13.7. The molecular weight excluding hydrogens is 428 g/mol. The molecule has 11 atom stereocenters. The Morgan fingerprint density at radius 1 is 1.24 bits per heavy atom. The van der Waals surface area contributed by atoms with Crippen molar-refractivity contribution >= 4 is 17.5 Å². The largest absolute Gasteiger partial charge is 0.461 e. The maximum atomic E-state index is 13.7. The Morgan fingerprint density at radius 2 is 1.91 bits per heavy atom. The number of ether oxygens (including phenoxy) is 2. The molecule has 5 rings (SSSR count). The fourth-order valence-electron chi connectivity index (χ4n) is 8.44. The Bertz CT molecular complexity index is 1010. The highest BCUT2D eigenvalue weighted by atomic mass is 16.6. The molecule has 0 aromatic carbocycles. The molecule has 3 N–H and O–H groups in total. The van der Waals surface area contributed by atoms with Crippen LogP contribution in [0, 0.1) is 40.4 Å². The van der Waals surface area contributed by atoms with E-state index >= 15 is 0 Å². The lowest BCUT2D eigenvalue weighted by atomic mass is 9.36. The first kappa shape index (κ1) is 22.9. The van der Waals surface area contributed by atoms with Crippen molar-refractivity contribution in [1.29, 1.82) is 0 Å². The van der Waals surface area contributed by atoms with Crippen molar-refractivity contribution in [1.82, 2.24) is 0 Å². The predicted octanol–water partition coefficient (Wildman–Crippen LogP) is 0.928. The first-order valence-electron chi connectivity index (χ1n) is 11.6. The molecule has 0 aromatic heterocycles. The second-order valence-corrected chi connectivity index (χ2v) is 11.3. The number of carbonyl (C=O) groups excluding carboxylic acids is 3. The summed E-state index contributed by atoms with van der Waals surface area (Å²) in [5, 5.41) is 34.3. The molecule has 0 amide bonds. The monoisotopic (exact) mass is 460 g/mol. The van der Waals surface area contributed by atoms with Crippen LogP contribution < -0.4 is 0 Å². The summed E-state index contributed by atoms with van der Waals surface area (Å²) >= 11 is 0. The van der Waals surface area contributed by atoms with E-state index in [2.05, 4.69) is 0 Å². The molecular formula is C25H32O8. The number of allylic oxidation sites excluding steroid dienone is 3. The molecule has 2 bridgehead atoms. The quantitative estimate of drug-likeness (QED) is 0.410. The molecule has 2 saturated heterocycles. The van der Waals surface area contributed by atoms with Gasteiger partial charge >= 0.3 is 5.97 Å². The molecule has 2 aliphatic heterocycles. The van der Waals surface area contributed by atoms with Gasteiger partial charge in [0.1, 0.15) is 18.3 Å². The van der Waals surface area contributed by atoms with Crippen LogP contribution in [0.5, 0.6) is 0 Å². The average Bonchev–Trinajstić information content (AvgIpc) is 3.01. The minimum atomic E-state index is -2.05. The van der Waals surface area contributed by atoms with Crippen LogP contribution in [0.25, 0.3) is 0 Å². The van der Waals surface area contributed by atoms with Gasteiger partial charge in [-0.2, -0.15) is 0 Å². The molecule has 5 aliphatic rings. The van der Waals surface area contributed by atoms with E-state index in [-0.39, 0.29) is 18.8 Å². The average molecular weight is 461 g/mol. The van der Waals surface area contributed by atoms with E-state index in [0.29, 0.717) is 5.57 Å². The number of aliphatic hydroxyl groups is 3. The van der Waals surface area contributed by atoms with Gasteiger partial charge < -0.3 is 24.8 Å². The molecule has 3 aliphatic carbocycles. The van der Waals surface area contributed by atoms with Crippen molar-refractivity contribution in [2.75, 3.05) is 6.61 Å². The Kier molecular flexibility index (Phi) is 4.75. The predicted molar refractivity (Wildman–Crippen MR) is 114 cm³/mol. The highest BCUT2D eigenvalue weighted by molar-refractivity contribution is 5.98. The smallest absolute Gasteiger partial charge is 0.306 e. The van der Waals surface area contributed by atoms with E-state index in [1.807, 2.05) is 0 Å². The summed E-state index contributed by atoms with van der Waals surface area (Å²) in [6.07, 6.45) is -0.891. The second kappa shape index (κ2) is 6.84. The SMILES string of the molecule is CC(C)=CC(=O)[C@@H]1[C@H]2C(C)=CC(=O)[C@@H](O)[C@]2(C)[C@H]2[C@@]3(O)OC[C@@]24[C@@H]1OC(=O)C[C@H]4[C@@H](C)[C@H]3O. The number of hydrogen-bond acceptors (Lipinski definition) is 8. The van der Waals surface area contributed by atoms with E-state index in [9.17, 15) is 29.7 Å². The molecule has 4 fully saturated rings. The van der Waals surface area contributed by atoms with Gasteiger partial charge in [0.15, 0.2) is 17.4 Å². The summed E-state index contributed by atoms with van der Waals surface area (Å²) in [5.74, 6) is -6.70. The van der Waals surface area contributed by atoms with Crippen LogP contribution in [0.15, 0.2) is 23.3 Å². The third kappa shape index (κ3) is 2.53. The second-order valence-electron chi connectivity index (χ2n) is 11.3. The minimum Gasteiger partial charge on any atom is -0.461 e. The van der Waals surface area contributed by atoms with Gasteiger partial charge in [-0.25, -0.2) is 0 Å². The summed E-state index contributed by atoms with van der Waals surface area (Å²) in [6, 6.07) is 0. The van der Waals surface area contributed by atoms with Crippen molar-refractivity contribution in [3.63, 3.8) is 0 Å². The molecule has 33 heavy (non-hydrogen) atoms. The van der Waals surface area contributed by atoms with Gasteiger partial charge in [-0.1, -0.05) is 25.0 Å². The molecule has 2 heterocycles. The van der Waals surface area contributed by atoms with Crippen LogP contribution in [0.3, 0.4) is 0 Å². The number of rotatable bonds is 2. The lowest BCUT2D eigenvalue weighted by Gasteiger charge is -2.69. The fourth-order valence-corrected chi connectivity index (χ4v) is 8.44. The van der Waals surface area contributed by atoms with Gasteiger partial charge in [-0.3, -0.25) is 14.4 Å². The van der Waals surface area contributed by atoms with E-state index in [4.69, 9.17) is 9.47 Å². The first-order valence-corrected chi connectivity index (χ1v) is 11.6. The van der Waals surface area contributed by atoms with E-state index in [1.165, 1.54) is 12.2 Å². The zero-order valence-electron chi connectivity index (χ0n) is 19.6. The summed E-state index contributed by atoms with van der Waals surface area (Å²) in [4.78, 5) is 39.4. The van der Waals surface area contributed by atoms with Crippen LogP contribution in [-0.2, 0) is 23.9 Å². The van der Waals surface area contributed by atoms with Crippen LogP contribution in [0.1, 0.15) is 41.0 Å². The molecule has 0 radical (unpaired) electrons. The molecule has 8 heteroatoms. The summed E-state index contributed by atoms with van der Waals surface area (Å²) in [6.45, 7) is 8.76. The molecule has 0 aromatic rings. The Labute approximate surface area is 192 Å². The van der Waals surface area contributed by atoms with Crippen LogP contribution in [-0.4, -0.2) is 63.6 Å². The highest BCUT2D eigenvalue weighted by Gasteiger charge is 2.84. The normalized spacial score (nSPS) is 52.3. The zero-order chi connectivity index (χ0) is 24.2. The van der Waals surface area contributed by atoms with Gasteiger partial charge in [-0.15, -0.1) is 0 Å². The molecule has 1 spiro atoms. The lowest BCUT2D eigenvalue weighted by molar-refractivity contribution is -0.337.